The van der Waals surface area contributed by atoms with Crippen LogP contribution in [0.25, 0.3) is 11.0 Å². The van der Waals surface area contributed by atoms with Crippen molar-refractivity contribution >= 4 is 46.4 Å². The van der Waals surface area contributed by atoms with Gasteiger partial charge in [0.15, 0.2) is 0 Å². The summed E-state index contributed by atoms with van der Waals surface area (Å²) >= 11 is 6.22. The first kappa shape index (κ1) is 40.2. The van der Waals surface area contributed by atoms with E-state index in [0.29, 0.717) is 63.1 Å². The van der Waals surface area contributed by atoms with Gasteiger partial charge in [-0.25, -0.2) is 14.8 Å². The van der Waals surface area contributed by atoms with Crippen LogP contribution in [0.1, 0.15) is 103 Å². The molecule has 1 aliphatic heterocycles. The minimum Gasteiger partial charge on any atom is -0.444 e. The second kappa shape index (κ2) is 18.9. The van der Waals surface area contributed by atoms with Crippen molar-refractivity contribution in [3.05, 3.63) is 53.4 Å². The molecule has 13 nitrogen and oxygen atoms in total. The molecule has 3 amide bonds. The molecule has 0 unspecified atom stereocenters. The van der Waals surface area contributed by atoms with E-state index in [1.807, 2.05) is 24.4 Å². The molecule has 1 aliphatic carbocycles. The van der Waals surface area contributed by atoms with E-state index in [2.05, 4.69) is 35.8 Å². The zero-order chi connectivity index (χ0) is 37.8. The van der Waals surface area contributed by atoms with E-state index in [1.165, 1.54) is 12.7 Å². The quantitative estimate of drug-likeness (QED) is 0.111. The highest BCUT2D eigenvalue weighted by Gasteiger charge is 2.45. The van der Waals surface area contributed by atoms with Gasteiger partial charge in [0.1, 0.15) is 28.9 Å². The first-order valence-electron chi connectivity index (χ1n) is 19.2. The van der Waals surface area contributed by atoms with E-state index >= 15 is 0 Å². The van der Waals surface area contributed by atoms with Gasteiger partial charge in [-0.3, -0.25) is 9.59 Å². The fourth-order valence-electron chi connectivity index (χ4n) is 7.28. The molecule has 1 saturated carbocycles. The fourth-order valence-corrected chi connectivity index (χ4v) is 7.40. The SMILES string of the molecule is CC(C)(C)OC(=O)NC1(C(=O)N[C@@H](CCOCCCCCNC(=O)[C@H](N)C2CCCCC2)c2ccc(Cl)cc2)CCN(c2ncnc3[nH]ccc23)CC1. The van der Waals surface area contributed by atoms with Crippen LogP contribution in [0.4, 0.5) is 10.6 Å². The molecule has 0 spiro atoms. The Morgan fingerprint density at radius 3 is 2.47 bits per heavy atom. The number of H-pyrrole nitrogens is 1. The lowest BCUT2D eigenvalue weighted by Gasteiger charge is -2.42. The first-order chi connectivity index (χ1) is 25.4. The molecular weight excluding hydrogens is 696 g/mol. The number of aromatic nitrogens is 3. The lowest BCUT2D eigenvalue weighted by molar-refractivity contribution is -0.129. The standard InChI is InChI=1S/C39H57ClN8O5/c1-38(2,3)53-37(51)47-39(18-22-48(23-19-39)34-30-16-21-42-33(30)44-26-45-34)36(50)46-31(27-12-14-29(40)15-13-27)17-25-52-24-9-5-8-20-43-35(49)32(41)28-10-6-4-7-11-28/h12-16,21,26,28,31-32H,4-11,17-20,22-25,41H2,1-3H3,(H,43,49)(H,46,50)(H,47,51)(H,42,44,45)/t31-,32+/m0/s1. The number of piperidine rings is 1. The molecule has 0 bridgehead atoms. The van der Waals surface area contributed by atoms with Crippen LogP contribution in [0.2, 0.25) is 5.02 Å². The van der Waals surface area contributed by atoms with Crippen molar-refractivity contribution in [1.82, 2.24) is 30.9 Å². The highest BCUT2D eigenvalue weighted by Crippen LogP contribution is 2.31. The number of carbonyl (C=O) groups excluding carboxylic acids is 3. The number of aromatic amines is 1. The van der Waals surface area contributed by atoms with Gasteiger partial charge >= 0.3 is 6.09 Å². The Morgan fingerprint density at radius 2 is 1.75 bits per heavy atom. The van der Waals surface area contributed by atoms with E-state index < -0.39 is 23.3 Å². The van der Waals surface area contributed by atoms with E-state index in [9.17, 15) is 14.4 Å². The van der Waals surface area contributed by atoms with E-state index in [0.717, 1.165) is 67.4 Å². The Morgan fingerprint density at radius 1 is 1.02 bits per heavy atom. The molecule has 1 saturated heterocycles. The predicted octanol–water partition coefficient (Wildman–Crippen LogP) is 5.93. The summed E-state index contributed by atoms with van der Waals surface area (Å²) in [6.07, 6.45) is 12.2. The lowest BCUT2D eigenvalue weighted by Crippen LogP contribution is -2.64. The summed E-state index contributed by atoms with van der Waals surface area (Å²) in [6.45, 7) is 7.93. The zero-order valence-corrected chi connectivity index (χ0v) is 32.2. The summed E-state index contributed by atoms with van der Waals surface area (Å²) in [5.74, 6) is 0.746. The number of nitrogens with two attached hydrogens (primary N) is 1. The highest BCUT2D eigenvalue weighted by molar-refractivity contribution is 6.30. The number of halogens is 1. The normalized spacial score (nSPS) is 17.6. The molecule has 3 heterocycles. The third kappa shape index (κ3) is 11.5. The number of fused-ring (bicyclic) bond motifs is 1. The Balaban J connectivity index is 1.15. The van der Waals surface area contributed by atoms with Gasteiger partial charge in [-0.2, -0.15) is 0 Å². The molecule has 290 valence electrons. The number of hydrogen-bond donors (Lipinski definition) is 5. The first-order valence-corrected chi connectivity index (χ1v) is 19.5. The van der Waals surface area contributed by atoms with Crippen molar-refractivity contribution in [2.24, 2.45) is 11.7 Å². The molecule has 2 aromatic heterocycles. The summed E-state index contributed by atoms with van der Waals surface area (Å²) in [5.41, 5.74) is 5.90. The number of carbonyl (C=O) groups is 3. The average molecular weight is 753 g/mol. The number of unbranched alkanes of at least 4 members (excludes halogenated alkanes) is 2. The Kier molecular flexibility index (Phi) is 14.3. The van der Waals surface area contributed by atoms with Gasteiger partial charge in [0, 0.05) is 44.1 Å². The smallest absolute Gasteiger partial charge is 0.408 e. The number of anilines is 1. The van der Waals surface area contributed by atoms with Crippen molar-refractivity contribution in [2.45, 2.75) is 115 Å². The number of nitrogens with one attached hydrogen (secondary N) is 4. The summed E-state index contributed by atoms with van der Waals surface area (Å²) in [5, 5.41) is 10.7. The third-order valence-electron chi connectivity index (χ3n) is 10.3. The van der Waals surface area contributed by atoms with Gasteiger partial charge in [0.05, 0.1) is 17.5 Å². The summed E-state index contributed by atoms with van der Waals surface area (Å²) in [7, 11) is 0. The molecule has 53 heavy (non-hydrogen) atoms. The second-order valence-electron chi connectivity index (χ2n) is 15.4. The van der Waals surface area contributed by atoms with Crippen LogP contribution in [0.5, 0.6) is 0 Å². The van der Waals surface area contributed by atoms with E-state index in [-0.39, 0.29) is 17.9 Å². The van der Waals surface area contributed by atoms with Crippen LogP contribution < -0.4 is 26.6 Å². The molecular formula is C39H57ClN8O5. The molecule has 2 aliphatic rings. The number of hydrogen-bond acceptors (Lipinski definition) is 9. The predicted molar refractivity (Wildman–Crippen MR) is 207 cm³/mol. The van der Waals surface area contributed by atoms with E-state index in [1.54, 1.807) is 32.9 Å². The van der Waals surface area contributed by atoms with Crippen molar-refractivity contribution in [3.63, 3.8) is 0 Å². The summed E-state index contributed by atoms with van der Waals surface area (Å²) < 4.78 is 11.6. The maximum absolute atomic E-state index is 14.4. The highest BCUT2D eigenvalue weighted by atomic mass is 35.5. The lowest BCUT2D eigenvalue weighted by atomic mass is 9.84. The van der Waals surface area contributed by atoms with Crippen LogP contribution in [0.15, 0.2) is 42.9 Å². The van der Waals surface area contributed by atoms with Crippen molar-refractivity contribution in [3.8, 4) is 0 Å². The van der Waals surface area contributed by atoms with Crippen molar-refractivity contribution < 1.29 is 23.9 Å². The largest absolute Gasteiger partial charge is 0.444 e. The zero-order valence-electron chi connectivity index (χ0n) is 31.4. The van der Waals surface area contributed by atoms with Crippen LogP contribution in [-0.2, 0) is 19.1 Å². The average Bonchev–Trinajstić information content (AvgIpc) is 3.63. The number of benzene rings is 1. The van der Waals surface area contributed by atoms with Gasteiger partial charge in [0.25, 0.3) is 0 Å². The molecule has 14 heteroatoms. The number of ether oxygens (including phenoxy) is 2. The molecule has 5 rings (SSSR count). The Labute approximate surface area is 317 Å². The molecule has 1 aromatic carbocycles. The minimum absolute atomic E-state index is 0.0408. The van der Waals surface area contributed by atoms with Gasteiger partial charge in [-0.1, -0.05) is 43.0 Å². The summed E-state index contributed by atoms with van der Waals surface area (Å²) in [4.78, 5) is 54.1. The molecule has 3 aromatic rings. The van der Waals surface area contributed by atoms with Crippen LogP contribution in [-0.4, -0.2) is 82.9 Å². The minimum atomic E-state index is -1.22. The summed E-state index contributed by atoms with van der Waals surface area (Å²) in [6, 6.07) is 8.53. The number of amides is 3. The van der Waals surface area contributed by atoms with Gasteiger partial charge in [-0.05, 0) is 102 Å². The Hall–Kier alpha value is -3.94. The van der Waals surface area contributed by atoms with Gasteiger partial charge in [0.2, 0.25) is 11.8 Å². The number of alkyl carbamates (subject to hydrolysis) is 1. The number of rotatable bonds is 16. The topological polar surface area (TPSA) is 177 Å². The third-order valence-corrected chi connectivity index (χ3v) is 10.5. The molecule has 2 fully saturated rings. The van der Waals surface area contributed by atoms with Gasteiger partial charge < -0.3 is 41.0 Å². The molecule has 2 atom stereocenters. The fraction of sp³-hybridized carbons (Fsp3) is 0.615. The van der Waals surface area contributed by atoms with Crippen LogP contribution >= 0.6 is 11.6 Å². The van der Waals surface area contributed by atoms with Crippen LogP contribution in [0.3, 0.4) is 0 Å². The van der Waals surface area contributed by atoms with Crippen LogP contribution in [0, 0.1) is 5.92 Å². The maximum atomic E-state index is 14.4. The van der Waals surface area contributed by atoms with Crippen molar-refractivity contribution in [2.75, 3.05) is 37.7 Å². The van der Waals surface area contributed by atoms with E-state index in [4.69, 9.17) is 26.8 Å². The molecule has 0 radical (unpaired) electrons. The second-order valence-corrected chi connectivity index (χ2v) is 15.8. The van der Waals surface area contributed by atoms with Crippen molar-refractivity contribution in [1.29, 1.82) is 0 Å². The maximum Gasteiger partial charge on any atom is 0.408 e. The monoisotopic (exact) mass is 752 g/mol. The van der Waals surface area contributed by atoms with Gasteiger partial charge in [-0.15, -0.1) is 0 Å². The Bertz CT molecular complexity index is 1630. The number of nitrogens with zero attached hydrogens (tertiary/aromatic N) is 3. The molecule has 6 N–H and O–H groups in total.